The van der Waals surface area contributed by atoms with Crippen molar-refractivity contribution in [2.75, 3.05) is 6.54 Å². The van der Waals surface area contributed by atoms with Crippen molar-refractivity contribution in [2.45, 2.75) is 26.3 Å². The van der Waals surface area contributed by atoms with E-state index in [1.54, 1.807) is 0 Å². The Hall–Kier alpha value is -1.68. The topological polar surface area (TPSA) is 56.7 Å². The summed E-state index contributed by atoms with van der Waals surface area (Å²) in [5.74, 6) is 2.62. The second kappa shape index (κ2) is 4.53. The fraction of sp³-hybridized carbons (Fsp3) is 0.429. The van der Waals surface area contributed by atoms with Crippen LogP contribution in [0.5, 0.6) is 0 Å². The molecule has 2 heterocycles. The summed E-state index contributed by atoms with van der Waals surface area (Å²) in [6.45, 7) is 3.78. The fourth-order valence-corrected chi connectivity index (χ4v) is 2.50. The van der Waals surface area contributed by atoms with Crippen molar-refractivity contribution in [3.8, 4) is 11.4 Å². The lowest BCUT2D eigenvalue weighted by molar-refractivity contribution is 0.375. The smallest absolute Gasteiger partial charge is 0.163 e. The van der Waals surface area contributed by atoms with E-state index in [0.29, 0.717) is 5.92 Å². The van der Waals surface area contributed by atoms with Crippen LogP contribution in [-0.2, 0) is 13.0 Å². The van der Waals surface area contributed by atoms with Crippen LogP contribution in [0.3, 0.4) is 0 Å². The van der Waals surface area contributed by atoms with Crippen LogP contribution in [0, 0.1) is 12.8 Å². The van der Waals surface area contributed by atoms with E-state index in [9.17, 15) is 0 Å². The molecule has 1 aromatic heterocycles. The lowest BCUT2D eigenvalue weighted by Crippen LogP contribution is -2.26. The first-order valence-corrected chi connectivity index (χ1v) is 6.47. The van der Waals surface area contributed by atoms with Crippen LogP contribution in [0.1, 0.15) is 17.8 Å². The highest BCUT2D eigenvalue weighted by Gasteiger charge is 2.22. The minimum Gasteiger partial charge on any atom is -0.330 e. The third-order valence-corrected chi connectivity index (χ3v) is 3.69. The zero-order chi connectivity index (χ0) is 12.5. The normalized spacial score (nSPS) is 18.7. The van der Waals surface area contributed by atoms with Gasteiger partial charge in [-0.2, -0.15) is 0 Å². The molecule has 1 aromatic carbocycles. The minimum atomic E-state index is 0.553. The Kier molecular flexibility index (Phi) is 2.88. The maximum atomic E-state index is 5.78. The number of rotatable bonds is 2. The van der Waals surface area contributed by atoms with Crippen LogP contribution in [0.15, 0.2) is 24.3 Å². The van der Waals surface area contributed by atoms with Gasteiger partial charge in [0.15, 0.2) is 5.82 Å². The molecule has 2 aromatic rings. The molecule has 4 nitrogen and oxygen atoms in total. The first kappa shape index (κ1) is 11.4. The molecular weight excluding hydrogens is 224 g/mol. The fourth-order valence-electron chi connectivity index (χ4n) is 2.50. The predicted octanol–water partition coefficient (Wildman–Crippen LogP) is 1.77. The van der Waals surface area contributed by atoms with E-state index < -0.39 is 0 Å². The summed E-state index contributed by atoms with van der Waals surface area (Å²) in [5, 5.41) is 8.64. The Bertz CT molecular complexity index is 541. The molecule has 0 aliphatic carbocycles. The molecule has 1 aliphatic heterocycles. The molecule has 0 fully saturated rings. The predicted molar refractivity (Wildman–Crippen MR) is 71.1 cm³/mol. The summed E-state index contributed by atoms with van der Waals surface area (Å²) in [4.78, 5) is 0. The molecule has 0 bridgehead atoms. The van der Waals surface area contributed by atoms with E-state index >= 15 is 0 Å². The molecule has 0 radical (unpaired) electrons. The van der Waals surface area contributed by atoms with Crippen LogP contribution in [0.4, 0.5) is 0 Å². The Labute approximate surface area is 107 Å². The lowest BCUT2D eigenvalue weighted by atomic mass is 9.99. The third kappa shape index (κ3) is 1.93. The van der Waals surface area contributed by atoms with Crippen molar-refractivity contribution in [3.63, 3.8) is 0 Å². The van der Waals surface area contributed by atoms with E-state index in [1.807, 2.05) is 0 Å². The molecule has 0 amide bonds. The Morgan fingerprint density at radius 2 is 2.06 bits per heavy atom. The van der Waals surface area contributed by atoms with Gasteiger partial charge in [-0.25, -0.2) is 0 Å². The minimum absolute atomic E-state index is 0.553. The molecule has 18 heavy (non-hydrogen) atoms. The second-order valence-corrected chi connectivity index (χ2v) is 5.06. The van der Waals surface area contributed by atoms with Gasteiger partial charge in [-0.1, -0.05) is 29.8 Å². The van der Waals surface area contributed by atoms with Gasteiger partial charge in [-0.05, 0) is 25.8 Å². The van der Waals surface area contributed by atoms with Gasteiger partial charge in [-0.3, -0.25) is 0 Å². The Balaban J connectivity index is 1.99. The van der Waals surface area contributed by atoms with Crippen LogP contribution < -0.4 is 5.73 Å². The molecule has 1 aliphatic rings. The Morgan fingerprint density at radius 1 is 1.28 bits per heavy atom. The molecule has 4 heteroatoms. The van der Waals surface area contributed by atoms with Gasteiger partial charge >= 0.3 is 0 Å². The van der Waals surface area contributed by atoms with Crippen molar-refractivity contribution >= 4 is 0 Å². The van der Waals surface area contributed by atoms with Crippen molar-refractivity contribution in [1.29, 1.82) is 0 Å². The summed E-state index contributed by atoms with van der Waals surface area (Å²) in [7, 11) is 0. The summed E-state index contributed by atoms with van der Waals surface area (Å²) >= 11 is 0. The summed E-state index contributed by atoms with van der Waals surface area (Å²) in [6.07, 6.45) is 2.11. The maximum Gasteiger partial charge on any atom is 0.163 e. The molecule has 0 spiro atoms. The molecule has 94 valence electrons. The first-order valence-electron chi connectivity index (χ1n) is 6.47. The van der Waals surface area contributed by atoms with Gasteiger partial charge in [0.2, 0.25) is 0 Å². The molecule has 3 rings (SSSR count). The zero-order valence-electron chi connectivity index (χ0n) is 10.6. The number of hydrogen-bond acceptors (Lipinski definition) is 3. The maximum absolute atomic E-state index is 5.78. The zero-order valence-corrected chi connectivity index (χ0v) is 10.6. The van der Waals surface area contributed by atoms with Gasteiger partial charge in [0.05, 0.1) is 0 Å². The van der Waals surface area contributed by atoms with Crippen LogP contribution in [0.25, 0.3) is 11.4 Å². The highest BCUT2D eigenvalue weighted by molar-refractivity contribution is 5.55. The molecule has 0 saturated carbocycles. The second-order valence-electron chi connectivity index (χ2n) is 5.06. The van der Waals surface area contributed by atoms with E-state index in [0.717, 1.165) is 43.1 Å². The molecule has 0 saturated heterocycles. The highest BCUT2D eigenvalue weighted by Crippen LogP contribution is 2.25. The Morgan fingerprint density at radius 3 is 2.78 bits per heavy atom. The number of hydrogen-bond donors (Lipinski definition) is 1. The number of aromatic nitrogens is 3. The van der Waals surface area contributed by atoms with Crippen molar-refractivity contribution in [3.05, 3.63) is 35.7 Å². The van der Waals surface area contributed by atoms with Gasteiger partial charge in [0.1, 0.15) is 5.82 Å². The molecule has 1 unspecified atom stereocenters. The molecule has 2 N–H and O–H groups in total. The van der Waals surface area contributed by atoms with E-state index in [1.165, 1.54) is 5.56 Å². The SMILES string of the molecule is Cc1ccc(-c2nnc3n2CC(CN)CC3)cc1. The summed E-state index contributed by atoms with van der Waals surface area (Å²) in [5.41, 5.74) is 8.18. The monoisotopic (exact) mass is 242 g/mol. The van der Waals surface area contributed by atoms with E-state index in [-0.39, 0.29) is 0 Å². The first-order chi connectivity index (χ1) is 8.78. The third-order valence-electron chi connectivity index (χ3n) is 3.69. The summed E-state index contributed by atoms with van der Waals surface area (Å²) in [6, 6.07) is 8.44. The average molecular weight is 242 g/mol. The largest absolute Gasteiger partial charge is 0.330 e. The van der Waals surface area contributed by atoms with Gasteiger partial charge < -0.3 is 10.3 Å². The van der Waals surface area contributed by atoms with Gasteiger partial charge in [0, 0.05) is 18.5 Å². The van der Waals surface area contributed by atoms with Crippen LogP contribution >= 0.6 is 0 Å². The lowest BCUT2D eigenvalue weighted by Gasteiger charge is -2.22. The van der Waals surface area contributed by atoms with Crippen LogP contribution in [-0.4, -0.2) is 21.3 Å². The number of benzene rings is 1. The molecule has 1 atom stereocenters. The standard InChI is InChI=1S/C14H18N4/c1-10-2-5-12(6-3-10)14-17-16-13-7-4-11(8-15)9-18(13)14/h2-3,5-6,11H,4,7-9,15H2,1H3. The number of fused-ring (bicyclic) bond motifs is 1. The highest BCUT2D eigenvalue weighted by atomic mass is 15.3. The molecular formula is C14H18N4. The number of nitrogens with two attached hydrogens (primary N) is 1. The number of nitrogens with zero attached hydrogens (tertiary/aromatic N) is 3. The van der Waals surface area contributed by atoms with Crippen molar-refractivity contribution in [2.24, 2.45) is 11.7 Å². The van der Waals surface area contributed by atoms with Gasteiger partial charge in [0.25, 0.3) is 0 Å². The summed E-state index contributed by atoms with van der Waals surface area (Å²) < 4.78 is 2.23. The van der Waals surface area contributed by atoms with Crippen molar-refractivity contribution in [1.82, 2.24) is 14.8 Å². The average Bonchev–Trinajstić information content (AvgIpc) is 2.82. The quantitative estimate of drug-likeness (QED) is 0.873. The van der Waals surface area contributed by atoms with Crippen LogP contribution in [0.2, 0.25) is 0 Å². The van der Waals surface area contributed by atoms with Crippen molar-refractivity contribution < 1.29 is 0 Å². The number of aryl methyl sites for hydroxylation is 2. The van der Waals surface area contributed by atoms with E-state index in [2.05, 4.69) is 46.0 Å². The van der Waals surface area contributed by atoms with Gasteiger partial charge in [-0.15, -0.1) is 10.2 Å². The van der Waals surface area contributed by atoms with E-state index in [4.69, 9.17) is 5.73 Å².